The monoisotopic (exact) mass is 540 g/mol. The summed E-state index contributed by atoms with van der Waals surface area (Å²) in [4.78, 5) is 33.2. The number of nitrogens with zero attached hydrogens (tertiary/aromatic N) is 3. The molecule has 0 aliphatic heterocycles. The van der Waals surface area contributed by atoms with Crippen molar-refractivity contribution >= 4 is 17.8 Å². The maximum Gasteiger partial charge on any atom is 0.254 e. The van der Waals surface area contributed by atoms with Gasteiger partial charge in [0.15, 0.2) is 11.5 Å². The van der Waals surface area contributed by atoms with Gasteiger partial charge in [-0.1, -0.05) is 36.4 Å². The SMILES string of the molecule is COc1cccc(C(=O)N(CC(=O)Nc2nc(-c3ccccc3)cn2-c2ccc(OC)c(OC)c2)CC2CC2)c1. The number of aromatic nitrogens is 2. The number of carbonyl (C=O) groups is 2. The Morgan fingerprint density at radius 2 is 1.70 bits per heavy atom. The molecule has 1 aliphatic rings. The third kappa shape index (κ3) is 6.09. The number of hydrogen-bond donors (Lipinski definition) is 1. The summed E-state index contributed by atoms with van der Waals surface area (Å²) in [5.41, 5.74) is 2.80. The van der Waals surface area contributed by atoms with Crippen LogP contribution in [0.4, 0.5) is 5.95 Å². The number of anilines is 1. The first-order valence-corrected chi connectivity index (χ1v) is 13.1. The van der Waals surface area contributed by atoms with Gasteiger partial charge in [-0.3, -0.25) is 19.5 Å². The third-order valence-corrected chi connectivity index (χ3v) is 6.79. The number of carbonyl (C=O) groups excluding carboxylic acids is 2. The van der Waals surface area contributed by atoms with E-state index in [9.17, 15) is 9.59 Å². The highest BCUT2D eigenvalue weighted by molar-refractivity contribution is 5.99. The lowest BCUT2D eigenvalue weighted by Gasteiger charge is -2.22. The first-order valence-electron chi connectivity index (χ1n) is 13.1. The molecular formula is C31H32N4O5. The Hall–Kier alpha value is -4.79. The first kappa shape index (κ1) is 26.8. The zero-order valence-electron chi connectivity index (χ0n) is 22.8. The minimum absolute atomic E-state index is 0.105. The van der Waals surface area contributed by atoms with Crippen LogP contribution in [-0.2, 0) is 4.79 Å². The maximum atomic E-state index is 13.4. The lowest BCUT2D eigenvalue weighted by molar-refractivity contribution is -0.117. The quantitative estimate of drug-likeness (QED) is 0.286. The Bertz CT molecular complexity index is 1500. The first-order chi connectivity index (χ1) is 19.5. The zero-order chi connectivity index (χ0) is 28.1. The van der Waals surface area contributed by atoms with Crippen LogP contribution in [-0.4, -0.2) is 60.7 Å². The fourth-order valence-corrected chi connectivity index (χ4v) is 4.50. The topological polar surface area (TPSA) is 94.9 Å². The second-order valence-corrected chi connectivity index (χ2v) is 9.63. The Kier molecular flexibility index (Phi) is 8.00. The van der Waals surface area contributed by atoms with Gasteiger partial charge in [0.2, 0.25) is 11.9 Å². The summed E-state index contributed by atoms with van der Waals surface area (Å²) in [6.07, 6.45) is 3.96. The molecule has 5 rings (SSSR count). The molecule has 2 amide bonds. The normalized spacial score (nSPS) is 12.5. The van der Waals surface area contributed by atoms with Crippen molar-refractivity contribution in [1.29, 1.82) is 0 Å². The number of ether oxygens (including phenoxy) is 3. The number of nitrogens with one attached hydrogen (secondary N) is 1. The summed E-state index contributed by atoms with van der Waals surface area (Å²) >= 11 is 0. The van der Waals surface area contributed by atoms with Gasteiger partial charge in [0.05, 0.1) is 32.7 Å². The van der Waals surface area contributed by atoms with Gasteiger partial charge >= 0.3 is 0 Å². The van der Waals surface area contributed by atoms with Crippen LogP contribution >= 0.6 is 0 Å². The summed E-state index contributed by atoms with van der Waals surface area (Å²) in [7, 11) is 4.71. The molecule has 0 unspecified atom stereocenters. The maximum absolute atomic E-state index is 13.4. The standard InChI is InChI=1S/C31H32N4O5/c1-38-25-11-7-10-23(16-25)30(37)34(18-21-12-13-21)20-29(36)33-31-32-26(22-8-5-4-6-9-22)19-35(31)24-14-15-27(39-2)28(17-24)40-3/h4-11,14-17,19,21H,12-13,18,20H2,1-3H3,(H,32,33,36). The highest BCUT2D eigenvalue weighted by atomic mass is 16.5. The molecule has 1 heterocycles. The lowest BCUT2D eigenvalue weighted by atomic mass is 10.1. The number of amides is 2. The van der Waals surface area contributed by atoms with E-state index in [0.29, 0.717) is 46.9 Å². The Morgan fingerprint density at radius 1 is 0.925 bits per heavy atom. The molecule has 0 radical (unpaired) electrons. The van der Waals surface area contributed by atoms with E-state index in [0.717, 1.165) is 24.1 Å². The molecule has 1 aromatic heterocycles. The van der Waals surface area contributed by atoms with Gasteiger partial charge in [0, 0.05) is 29.9 Å². The molecule has 1 saturated carbocycles. The minimum Gasteiger partial charge on any atom is -0.497 e. The van der Waals surface area contributed by atoms with E-state index in [4.69, 9.17) is 19.2 Å². The highest BCUT2D eigenvalue weighted by Crippen LogP contribution is 2.32. The summed E-state index contributed by atoms with van der Waals surface area (Å²) in [5.74, 6) is 1.90. The van der Waals surface area contributed by atoms with Gasteiger partial charge in [-0.2, -0.15) is 0 Å². The lowest BCUT2D eigenvalue weighted by Crippen LogP contribution is -2.39. The van der Waals surface area contributed by atoms with E-state index in [2.05, 4.69) is 5.32 Å². The molecule has 0 bridgehead atoms. The molecule has 4 aromatic rings. The van der Waals surface area contributed by atoms with E-state index in [1.165, 1.54) is 0 Å². The van der Waals surface area contributed by atoms with Crippen LogP contribution in [0.1, 0.15) is 23.2 Å². The zero-order valence-corrected chi connectivity index (χ0v) is 22.8. The van der Waals surface area contributed by atoms with Gasteiger partial charge in [0.25, 0.3) is 5.91 Å². The Labute approximate surface area is 233 Å². The summed E-state index contributed by atoms with van der Waals surface area (Å²) in [6, 6.07) is 22.2. The van der Waals surface area contributed by atoms with Gasteiger partial charge < -0.3 is 19.1 Å². The fourth-order valence-electron chi connectivity index (χ4n) is 4.50. The van der Waals surface area contributed by atoms with Crippen LogP contribution in [0.5, 0.6) is 17.2 Å². The fraction of sp³-hybridized carbons (Fsp3) is 0.258. The van der Waals surface area contributed by atoms with Crippen LogP contribution < -0.4 is 19.5 Å². The average molecular weight is 541 g/mol. The van der Waals surface area contributed by atoms with Crippen molar-refractivity contribution in [2.24, 2.45) is 5.92 Å². The second-order valence-electron chi connectivity index (χ2n) is 9.63. The molecular weight excluding hydrogens is 508 g/mol. The van der Waals surface area contributed by atoms with Gasteiger partial charge in [-0.05, 0) is 49.1 Å². The van der Waals surface area contributed by atoms with Crippen molar-refractivity contribution in [3.05, 3.63) is 84.6 Å². The predicted octanol–water partition coefficient (Wildman–Crippen LogP) is 5.06. The van der Waals surface area contributed by atoms with Crippen molar-refractivity contribution in [1.82, 2.24) is 14.5 Å². The average Bonchev–Trinajstić information content (AvgIpc) is 3.72. The molecule has 206 valence electrons. The van der Waals surface area contributed by atoms with Crippen molar-refractivity contribution in [2.45, 2.75) is 12.8 Å². The number of imidazole rings is 1. The minimum atomic E-state index is -0.344. The number of benzene rings is 3. The van der Waals surface area contributed by atoms with Gasteiger partial charge in [0.1, 0.15) is 12.3 Å². The van der Waals surface area contributed by atoms with Crippen LogP contribution in [0.2, 0.25) is 0 Å². The molecule has 9 heteroatoms. The second kappa shape index (κ2) is 11.9. The van der Waals surface area contributed by atoms with Gasteiger partial charge in [-0.15, -0.1) is 0 Å². The molecule has 9 nitrogen and oxygen atoms in total. The van der Waals surface area contributed by atoms with Crippen LogP contribution in [0, 0.1) is 5.92 Å². The Balaban J connectivity index is 1.43. The van der Waals surface area contributed by atoms with E-state index >= 15 is 0 Å². The molecule has 40 heavy (non-hydrogen) atoms. The molecule has 0 spiro atoms. The summed E-state index contributed by atoms with van der Waals surface area (Å²) in [5, 5.41) is 2.94. The van der Waals surface area contributed by atoms with Crippen LogP contribution in [0.25, 0.3) is 16.9 Å². The van der Waals surface area contributed by atoms with E-state index in [-0.39, 0.29) is 18.4 Å². The number of hydrogen-bond acceptors (Lipinski definition) is 6. The summed E-state index contributed by atoms with van der Waals surface area (Å²) in [6.45, 7) is 0.412. The van der Waals surface area contributed by atoms with Crippen molar-refractivity contribution in [2.75, 3.05) is 39.7 Å². The Morgan fingerprint density at radius 3 is 2.40 bits per heavy atom. The van der Waals surface area contributed by atoms with Crippen LogP contribution in [0.3, 0.4) is 0 Å². The van der Waals surface area contributed by atoms with E-state index < -0.39 is 0 Å². The number of rotatable bonds is 11. The molecule has 1 fully saturated rings. The van der Waals surface area contributed by atoms with Gasteiger partial charge in [-0.25, -0.2) is 4.98 Å². The molecule has 0 atom stereocenters. The van der Waals surface area contributed by atoms with E-state index in [1.807, 2.05) is 48.7 Å². The van der Waals surface area contributed by atoms with Crippen molar-refractivity contribution in [3.63, 3.8) is 0 Å². The smallest absolute Gasteiger partial charge is 0.254 e. The largest absolute Gasteiger partial charge is 0.497 e. The molecule has 1 N–H and O–H groups in total. The molecule has 1 aliphatic carbocycles. The summed E-state index contributed by atoms with van der Waals surface area (Å²) < 4.78 is 18.0. The van der Waals surface area contributed by atoms with Crippen LogP contribution in [0.15, 0.2) is 79.0 Å². The highest BCUT2D eigenvalue weighted by Gasteiger charge is 2.29. The molecule has 0 saturated heterocycles. The van der Waals surface area contributed by atoms with Crippen molar-refractivity contribution < 1.29 is 23.8 Å². The molecule has 3 aromatic carbocycles. The predicted molar refractivity (Wildman–Crippen MR) is 152 cm³/mol. The number of methoxy groups -OCH3 is 3. The van der Waals surface area contributed by atoms with Crippen molar-refractivity contribution in [3.8, 4) is 34.2 Å². The van der Waals surface area contributed by atoms with E-state index in [1.54, 1.807) is 61.1 Å². The third-order valence-electron chi connectivity index (χ3n) is 6.79.